The summed E-state index contributed by atoms with van der Waals surface area (Å²) < 4.78 is 0. The highest BCUT2D eigenvalue weighted by molar-refractivity contribution is 5.76. The van der Waals surface area contributed by atoms with Crippen molar-refractivity contribution in [3.05, 3.63) is 71.3 Å². The predicted octanol–water partition coefficient (Wildman–Crippen LogP) is 2.66. The normalized spacial score (nSPS) is 20.2. The topological polar surface area (TPSA) is 60.8 Å². The molecule has 1 aliphatic heterocycles. The number of aliphatic carboxylic acids is 1. The number of fused-ring (bicyclic) bond motifs is 1. The molecule has 126 valence electrons. The van der Waals surface area contributed by atoms with Crippen LogP contribution in [0, 0.1) is 0 Å². The van der Waals surface area contributed by atoms with E-state index >= 15 is 0 Å². The summed E-state index contributed by atoms with van der Waals surface area (Å²) in [6.45, 7) is 2.24. The first-order chi connectivity index (χ1) is 11.5. The fraction of sp³-hybridized carbons (Fsp3) is 0.350. The van der Waals surface area contributed by atoms with Crippen LogP contribution in [-0.2, 0) is 17.6 Å². The van der Waals surface area contributed by atoms with Crippen LogP contribution in [0.1, 0.15) is 29.7 Å². The maximum absolute atomic E-state index is 11.3. The third-order valence-corrected chi connectivity index (χ3v) is 4.77. The Morgan fingerprint density at radius 3 is 2.54 bits per heavy atom. The van der Waals surface area contributed by atoms with Gasteiger partial charge in [0.1, 0.15) is 0 Å². The van der Waals surface area contributed by atoms with E-state index < -0.39 is 11.6 Å². The Labute approximate surface area is 142 Å². The lowest BCUT2D eigenvalue weighted by Gasteiger charge is -2.40. The van der Waals surface area contributed by atoms with Gasteiger partial charge in [0, 0.05) is 19.1 Å². The van der Waals surface area contributed by atoms with Gasteiger partial charge in [-0.05, 0) is 36.5 Å². The number of carboxylic acid groups (broad SMARTS) is 1. The van der Waals surface area contributed by atoms with Gasteiger partial charge in [-0.1, -0.05) is 54.6 Å². The quantitative estimate of drug-likeness (QED) is 0.887. The predicted molar refractivity (Wildman–Crippen MR) is 92.9 cm³/mol. The Morgan fingerprint density at radius 2 is 1.83 bits per heavy atom. The number of benzene rings is 2. The summed E-state index contributed by atoms with van der Waals surface area (Å²) in [5.74, 6) is -1.18. The largest absolute Gasteiger partial charge is 0.479 e. The molecule has 24 heavy (non-hydrogen) atoms. The van der Waals surface area contributed by atoms with E-state index in [1.807, 2.05) is 30.3 Å². The van der Waals surface area contributed by atoms with E-state index in [4.69, 9.17) is 0 Å². The Kier molecular flexibility index (Phi) is 4.69. The zero-order chi connectivity index (χ0) is 17.2. The molecule has 2 N–H and O–H groups in total. The monoisotopic (exact) mass is 325 g/mol. The summed E-state index contributed by atoms with van der Waals surface area (Å²) in [6, 6.07) is 18.6. The summed E-state index contributed by atoms with van der Waals surface area (Å²) in [4.78, 5) is 13.4. The molecule has 3 rings (SSSR count). The molecule has 0 saturated heterocycles. The van der Waals surface area contributed by atoms with Crippen molar-refractivity contribution in [2.24, 2.45) is 0 Å². The third-order valence-electron chi connectivity index (χ3n) is 4.77. The molecular formula is C20H23NO3. The zero-order valence-corrected chi connectivity index (χ0v) is 13.9. The van der Waals surface area contributed by atoms with Crippen LogP contribution in [-0.4, -0.2) is 39.8 Å². The molecule has 1 aliphatic rings. The van der Waals surface area contributed by atoms with Gasteiger partial charge in [0.05, 0.1) is 0 Å². The van der Waals surface area contributed by atoms with Crippen LogP contribution in [0.3, 0.4) is 0 Å². The number of carboxylic acids is 1. The number of nitrogens with zero attached hydrogens (tertiary/aromatic N) is 1. The van der Waals surface area contributed by atoms with Crippen LogP contribution >= 0.6 is 0 Å². The van der Waals surface area contributed by atoms with Crippen molar-refractivity contribution in [3.63, 3.8) is 0 Å². The molecule has 4 nitrogen and oxygen atoms in total. The molecule has 0 aromatic heterocycles. The molecule has 2 aromatic carbocycles. The molecule has 1 heterocycles. The van der Waals surface area contributed by atoms with Crippen molar-refractivity contribution in [2.45, 2.75) is 31.4 Å². The molecular weight excluding hydrogens is 302 g/mol. The molecule has 0 radical (unpaired) electrons. The van der Waals surface area contributed by atoms with E-state index in [9.17, 15) is 15.0 Å². The second kappa shape index (κ2) is 6.75. The number of rotatable bonds is 5. The van der Waals surface area contributed by atoms with E-state index in [-0.39, 0.29) is 12.6 Å². The molecule has 0 bridgehead atoms. The number of carbonyl (C=O) groups is 1. The molecule has 0 amide bonds. The molecule has 4 heteroatoms. The molecule has 2 unspecified atom stereocenters. The average Bonchev–Trinajstić information content (AvgIpc) is 2.57. The fourth-order valence-corrected chi connectivity index (χ4v) is 3.43. The summed E-state index contributed by atoms with van der Waals surface area (Å²) >= 11 is 0. The van der Waals surface area contributed by atoms with Gasteiger partial charge in [0.25, 0.3) is 0 Å². The van der Waals surface area contributed by atoms with Crippen LogP contribution in [0.2, 0.25) is 0 Å². The van der Waals surface area contributed by atoms with Crippen molar-refractivity contribution in [1.29, 1.82) is 0 Å². The molecule has 0 saturated carbocycles. The fourth-order valence-electron chi connectivity index (χ4n) is 3.43. The molecule has 2 aromatic rings. The van der Waals surface area contributed by atoms with E-state index in [1.165, 1.54) is 23.6 Å². The summed E-state index contributed by atoms with van der Waals surface area (Å²) in [5, 5.41) is 19.5. The minimum atomic E-state index is -1.75. The highest BCUT2D eigenvalue weighted by Crippen LogP contribution is 2.33. The molecule has 0 fully saturated rings. The Morgan fingerprint density at radius 1 is 1.17 bits per heavy atom. The van der Waals surface area contributed by atoms with Crippen LogP contribution in [0.5, 0.6) is 0 Å². The minimum Gasteiger partial charge on any atom is -0.479 e. The summed E-state index contributed by atoms with van der Waals surface area (Å²) in [7, 11) is 0. The first-order valence-electron chi connectivity index (χ1n) is 8.29. The van der Waals surface area contributed by atoms with Gasteiger partial charge in [0.15, 0.2) is 5.60 Å². The van der Waals surface area contributed by atoms with Gasteiger partial charge in [-0.2, -0.15) is 0 Å². The van der Waals surface area contributed by atoms with Crippen molar-refractivity contribution in [2.75, 3.05) is 13.1 Å². The van der Waals surface area contributed by atoms with Crippen molar-refractivity contribution < 1.29 is 15.0 Å². The van der Waals surface area contributed by atoms with E-state index in [0.29, 0.717) is 0 Å². The lowest BCUT2D eigenvalue weighted by molar-refractivity contribution is -0.159. The first-order valence-corrected chi connectivity index (χ1v) is 8.29. The van der Waals surface area contributed by atoms with Crippen molar-refractivity contribution in [1.82, 2.24) is 4.90 Å². The van der Waals surface area contributed by atoms with E-state index in [0.717, 1.165) is 19.4 Å². The summed E-state index contributed by atoms with van der Waals surface area (Å²) in [6.07, 6.45) is 1.67. The van der Waals surface area contributed by atoms with Gasteiger partial charge in [-0.15, -0.1) is 0 Å². The highest BCUT2D eigenvalue weighted by atomic mass is 16.4. The van der Waals surface area contributed by atoms with Crippen LogP contribution in [0.15, 0.2) is 54.6 Å². The zero-order valence-electron chi connectivity index (χ0n) is 13.9. The van der Waals surface area contributed by atoms with Gasteiger partial charge in [0.2, 0.25) is 0 Å². The van der Waals surface area contributed by atoms with Gasteiger partial charge in [-0.25, -0.2) is 4.79 Å². The number of aliphatic hydroxyl groups is 1. The number of hydrogen-bond acceptors (Lipinski definition) is 3. The van der Waals surface area contributed by atoms with E-state index in [2.05, 4.69) is 29.2 Å². The van der Waals surface area contributed by atoms with Crippen LogP contribution in [0.25, 0.3) is 0 Å². The maximum atomic E-state index is 11.3. The highest BCUT2D eigenvalue weighted by Gasteiger charge is 2.37. The number of β-amino-alcohol motifs (C(OH)–C–C–N with tert-alkyl or cyclic N) is 1. The average molecular weight is 325 g/mol. The Balaban J connectivity index is 1.91. The second-order valence-electron chi connectivity index (χ2n) is 6.70. The molecule has 0 aliphatic carbocycles. The van der Waals surface area contributed by atoms with Gasteiger partial charge < -0.3 is 10.2 Å². The third kappa shape index (κ3) is 3.50. The van der Waals surface area contributed by atoms with Crippen LogP contribution < -0.4 is 0 Å². The van der Waals surface area contributed by atoms with E-state index in [1.54, 1.807) is 0 Å². The van der Waals surface area contributed by atoms with Gasteiger partial charge in [-0.3, -0.25) is 4.90 Å². The molecule has 2 atom stereocenters. The van der Waals surface area contributed by atoms with Crippen LogP contribution in [0.4, 0.5) is 0 Å². The first kappa shape index (κ1) is 16.7. The maximum Gasteiger partial charge on any atom is 0.336 e. The molecule has 0 spiro atoms. The van der Waals surface area contributed by atoms with Crippen molar-refractivity contribution >= 4 is 5.97 Å². The number of hydrogen-bond donors (Lipinski definition) is 2. The van der Waals surface area contributed by atoms with Gasteiger partial charge >= 0.3 is 5.97 Å². The Bertz CT molecular complexity index is 712. The Hall–Kier alpha value is -2.17. The van der Waals surface area contributed by atoms with Crippen molar-refractivity contribution in [3.8, 4) is 0 Å². The summed E-state index contributed by atoms with van der Waals surface area (Å²) in [5.41, 5.74) is 2.00. The minimum absolute atomic E-state index is 0.0724. The smallest absolute Gasteiger partial charge is 0.336 e. The lowest BCUT2D eigenvalue weighted by atomic mass is 9.87. The lowest BCUT2D eigenvalue weighted by Crippen LogP contribution is -2.50. The standard InChI is InChI=1S/C20H23NO3/c1-20(24,19(22)23)14-21-12-11-16-9-5-6-10-17(16)18(21)13-15-7-3-2-4-8-15/h2-10,18,24H,11-14H2,1H3,(H,22,23). The SMILES string of the molecule is CC(O)(CN1CCc2ccccc2C1Cc1ccccc1)C(=O)O. The second-order valence-corrected chi connectivity index (χ2v) is 6.70.